The first-order valence-corrected chi connectivity index (χ1v) is 9.99. The van der Waals surface area contributed by atoms with E-state index in [0.29, 0.717) is 19.2 Å². The van der Waals surface area contributed by atoms with Gasteiger partial charge in [0.1, 0.15) is 23.1 Å². The molecular formula is C17H27FN2O4S. The Balaban J connectivity index is 2.16. The van der Waals surface area contributed by atoms with Crippen LogP contribution in [0.2, 0.25) is 0 Å². The Morgan fingerprint density at radius 1 is 1.36 bits per heavy atom. The van der Waals surface area contributed by atoms with Crippen molar-refractivity contribution in [3.05, 3.63) is 24.0 Å². The van der Waals surface area contributed by atoms with Gasteiger partial charge in [0.25, 0.3) is 0 Å². The molecule has 1 aromatic rings. The van der Waals surface area contributed by atoms with Gasteiger partial charge in [0.15, 0.2) is 0 Å². The minimum atomic E-state index is -3.88. The van der Waals surface area contributed by atoms with E-state index in [9.17, 15) is 12.8 Å². The van der Waals surface area contributed by atoms with E-state index in [0.717, 1.165) is 25.5 Å². The number of likely N-dealkylation sites (tertiary alicyclic amines) is 1. The number of nitrogens with zero attached hydrogens (tertiary/aromatic N) is 1. The molecule has 1 N–H and O–H groups in total. The highest BCUT2D eigenvalue weighted by Gasteiger charge is 2.28. The van der Waals surface area contributed by atoms with Crippen LogP contribution in [0, 0.1) is 5.82 Å². The Kier molecular flexibility index (Phi) is 7.18. The minimum absolute atomic E-state index is 0.127. The molecule has 0 radical (unpaired) electrons. The van der Waals surface area contributed by atoms with Gasteiger partial charge in [-0.15, -0.1) is 0 Å². The van der Waals surface area contributed by atoms with Crippen molar-refractivity contribution in [1.29, 1.82) is 0 Å². The normalized spacial score (nSPS) is 19.3. The van der Waals surface area contributed by atoms with Gasteiger partial charge in [0.05, 0.1) is 6.61 Å². The first-order chi connectivity index (χ1) is 11.8. The summed E-state index contributed by atoms with van der Waals surface area (Å²) in [5.74, 6) is -0.491. The number of hydrogen-bond donors (Lipinski definition) is 1. The van der Waals surface area contributed by atoms with Gasteiger partial charge in [-0.3, -0.25) is 4.90 Å². The van der Waals surface area contributed by atoms with Crippen molar-refractivity contribution in [3.8, 4) is 5.75 Å². The summed E-state index contributed by atoms with van der Waals surface area (Å²) in [6.07, 6.45) is 1.68. The van der Waals surface area contributed by atoms with Crippen molar-refractivity contribution in [2.24, 2.45) is 0 Å². The number of sulfonamides is 1. The Bertz CT molecular complexity index is 667. The molecule has 2 rings (SSSR count). The van der Waals surface area contributed by atoms with Gasteiger partial charge >= 0.3 is 0 Å². The molecule has 0 aliphatic carbocycles. The molecule has 1 aliphatic heterocycles. The highest BCUT2D eigenvalue weighted by atomic mass is 32.2. The molecule has 0 aromatic heterocycles. The molecule has 142 valence electrons. The summed E-state index contributed by atoms with van der Waals surface area (Å²) >= 11 is 0. The average Bonchev–Trinajstić information content (AvgIpc) is 2.56. The van der Waals surface area contributed by atoms with E-state index in [1.807, 2.05) is 0 Å². The van der Waals surface area contributed by atoms with Crippen molar-refractivity contribution >= 4 is 10.0 Å². The van der Waals surface area contributed by atoms with Crippen molar-refractivity contribution in [2.75, 3.05) is 33.4 Å². The number of rotatable bonds is 8. The number of benzene rings is 1. The fourth-order valence-electron chi connectivity index (χ4n) is 2.90. The summed E-state index contributed by atoms with van der Waals surface area (Å²) in [4.78, 5) is 2.06. The zero-order chi connectivity index (χ0) is 18.4. The first kappa shape index (κ1) is 20.1. The fourth-order valence-corrected chi connectivity index (χ4v) is 4.32. The summed E-state index contributed by atoms with van der Waals surface area (Å²) in [5.41, 5.74) is 0. The molecule has 0 saturated carbocycles. The van der Waals surface area contributed by atoms with Crippen molar-refractivity contribution in [2.45, 2.75) is 43.7 Å². The van der Waals surface area contributed by atoms with Crippen LogP contribution in [0.25, 0.3) is 0 Å². The highest BCUT2D eigenvalue weighted by Crippen LogP contribution is 2.26. The smallest absolute Gasteiger partial charge is 0.244 e. The van der Waals surface area contributed by atoms with Crippen LogP contribution in [-0.2, 0) is 14.8 Å². The molecule has 0 spiro atoms. The molecule has 1 saturated heterocycles. The Labute approximate surface area is 149 Å². The number of ether oxygens (including phenoxy) is 2. The van der Waals surface area contributed by atoms with Crippen LogP contribution in [-0.4, -0.2) is 58.8 Å². The molecule has 1 aliphatic rings. The molecule has 8 heteroatoms. The minimum Gasteiger partial charge on any atom is -0.490 e. The molecule has 1 atom stereocenters. The van der Waals surface area contributed by atoms with Crippen LogP contribution in [0.1, 0.15) is 26.7 Å². The second kappa shape index (κ2) is 8.93. The molecule has 1 aromatic carbocycles. The molecule has 1 fully saturated rings. The lowest BCUT2D eigenvalue weighted by Gasteiger charge is -2.35. The molecule has 25 heavy (non-hydrogen) atoms. The largest absolute Gasteiger partial charge is 0.490 e. The third-order valence-electron chi connectivity index (χ3n) is 4.25. The molecule has 0 amide bonds. The van der Waals surface area contributed by atoms with Gasteiger partial charge < -0.3 is 9.47 Å². The number of halogens is 1. The molecule has 6 nitrogen and oxygen atoms in total. The third-order valence-corrected chi connectivity index (χ3v) is 5.79. The van der Waals surface area contributed by atoms with Gasteiger partial charge in [0, 0.05) is 25.7 Å². The van der Waals surface area contributed by atoms with Crippen LogP contribution in [0.5, 0.6) is 5.75 Å². The topological polar surface area (TPSA) is 67.9 Å². The van der Waals surface area contributed by atoms with Crippen molar-refractivity contribution in [1.82, 2.24) is 9.62 Å². The highest BCUT2D eigenvalue weighted by molar-refractivity contribution is 7.89. The van der Waals surface area contributed by atoms with Crippen molar-refractivity contribution in [3.63, 3.8) is 0 Å². The van der Waals surface area contributed by atoms with E-state index in [2.05, 4.69) is 23.5 Å². The lowest BCUT2D eigenvalue weighted by atomic mass is 10.1. The Hall–Kier alpha value is -1.22. The quantitative estimate of drug-likeness (QED) is 0.705. The van der Waals surface area contributed by atoms with Gasteiger partial charge in [-0.1, -0.05) is 0 Å². The number of methoxy groups -OCH3 is 1. The predicted molar refractivity (Wildman–Crippen MR) is 93.8 cm³/mol. The average molecular weight is 374 g/mol. The van der Waals surface area contributed by atoms with E-state index in [1.54, 1.807) is 0 Å². The van der Waals surface area contributed by atoms with Gasteiger partial charge in [-0.25, -0.2) is 17.5 Å². The van der Waals surface area contributed by atoms with Gasteiger partial charge in [0.2, 0.25) is 10.0 Å². The van der Waals surface area contributed by atoms with E-state index in [-0.39, 0.29) is 23.3 Å². The number of hydrogen-bond acceptors (Lipinski definition) is 5. The zero-order valence-corrected chi connectivity index (χ0v) is 15.8. The third kappa shape index (κ3) is 5.64. The van der Waals surface area contributed by atoms with Crippen molar-refractivity contribution < 1.29 is 22.3 Å². The number of piperidine rings is 1. The SMILES string of the molecule is COCCOc1ccc(F)cc1S(=O)(=O)NC1CCCN(C(C)C)C1. The maximum atomic E-state index is 13.6. The van der Waals surface area contributed by atoms with Gasteiger partial charge in [-0.05, 0) is 51.4 Å². The summed E-state index contributed by atoms with van der Waals surface area (Å²) in [7, 11) is -2.36. The lowest BCUT2D eigenvalue weighted by molar-refractivity contribution is 0.144. The summed E-state index contributed by atoms with van der Waals surface area (Å²) in [6, 6.07) is 3.67. The van der Waals surface area contributed by atoms with Crippen LogP contribution < -0.4 is 9.46 Å². The lowest BCUT2D eigenvalue weighted by Crippen LogP contribution is -2.49. The van der Waals surface area contributed by atoms with E-state index in [1.165, 1.54) is 19.2 Å². The Morgan fingerprint density at radius 2 is 2.12 bits per heavy atom. The monoisotopic (exact) mass is 374 g/mol. The first-order valence-electron chi connectivity index (χ1n) is 8.51. The summed E-state index contributed by atoms with van der Waals surface area (Å²) < 4.78 is 52.2. The second-order valence-electron chi connectivity index (χ2n) is 6.48. The maximum absolute atomic E-state index is 13.6. The van der Waals surface area contributed by atoms with Crippen LogP contribution in [0.4, 0.5) is 4.39 Å². The van der Waals surface area contributed by atoms with Gasteiger partial charge in [-0.2, -0.15) is 0 Å². The molecular weight excluding hydrogens is 347 g/mol. The van der Waals surface area contributed by atoms with E-state index in [4.69, 9.17) is 9.47 Å². The number of nitrogens with one attached hydrogen (secondary N) is 1. The fraction of sp³-hybridized carbons (Fsp3) is 0.647. The van der Waals surface area contributed by atoms with Crippen LogP contribution in [0.3, 0.4) is 0 Å². The maximum Gasteiger partial charge on any atom is 0.244 e. The zero-order valence-electron chi connectivity index (χ0n) is 15.0. The summed E-state index contributed by atoms with van der Waals surface area (Å²) in [6.45, 7) is 6.29. The van der Waals surface area contributed by atoms with E-state index < -0.39 is 15.8 Å². The predicted octanol–water partition coefficient (Wildman–Crippen LogP) is 2.00. The molecule has 1 unspecified atom stereocenters. The van der Waals surface area contributed by atoms with E-state index >= 15 is 0 Å². The Morgan fingerprint density at radius 3 is 2.80 bits per heavy atom. The van der Waals surface area contributed by atoms with Crippen LogP contribution in [0.15, 0.2) is 23.1 Å². The summed E-state index contributed by atoms with van der Waals surface area (Å²) in [5, 5.41) is 0. The second-order valence-corrected chi connectivity index (χ2v) is 8.16. The van der Waals surface area contributed by atoms with Crippen LogP contribution >= 0.6 is 0 Å². The molecule has 0 bridgehead atoms. The standard InChI is InChI=1S/C17H27FN2O4S/c1-13(2)20-8-4-5-15(12-20)19-25(21,22)17-11-14(18)6-7-16(17)24-10-9-23-3/h6-7,11,13,15,19H,4-5,8-10,12H2,1-3H3. The molecule has 1 heterocycles.